The number of hydrogen-bond acceptors (Lipinski definition) is 5. The highest BCUT2D eigenvalue weighted by molar-refractivity contribution is 7.94. The van der Waals surface area contributed by atoms with E-state index in [-0.39, 0.29) is 0 Å². The number of carbonyl (C=O) groups excluding carboxylic acids is 1. The van der Waals surface area contributed by atoms with Crippen LogP contribution in [0.5, 0.6) is 11.5 Å². The summed E-state index contributed by atoms with van der Waals surface area (Å²) in [6.07, 6.45) is -0.155. The summed E-state index contributed by atoms with van der Waals surface area (Å²) in [6.45, 7) is 0. The molecule has 0 aromatic heterocycles. The fourth-order valence-corrected chi connectivity index (χ4v) is 2.56. The van der Waals surface area contributed by atoms with Gasteiger partial charge in [0.25, 0.3) is 5.24 Å². The van der Waals surface area contributed by atoms with Crippen molar-refractivity contribution in [3.8, 4) is 11.5 Å². The van der Waals surface area contributed by atoms with E-state index in [1.807, 2.05) is 12.1 Å². The predicted molar refractivity (Wildman–Crippen MR) is 64.8 cm³/mol. The summed E-state index contributed by atoms with van der Waals surface area (Å²) in [5.74, 6) is 1.27. The monoisotopic (exact) mass is 274 g/mol. The van der Waals surface area contributed by atoms with Crippen LogP contribution in [0.25, 0.3) is 0 Å². The van der Waals surface area contributed by atoms with E-state index in [9.17, 15) is 4.79 Å². The van der Waals surface area contributed by atoms with Gasteiger partial charge in [0, 0.05) is 29.4 Å². The molecule has 0 N–H and O–H groups in total. The number of carbonyl (C=O) groups is 1. The van der Waals surface area contributed by atoms with Gasteiger partial charge < -0.3 is 9.47 Å². The highest BCUT2D eigenvalue weighted by Gasteiger charge is 2.26. The van der Waals surface area contributed by atoms with Crippen LogP contribution >= 0.6 is 23.6 Å². The lowest BCUT2D eigenvalue weighted by Crippen LogP contribution is -2.23. The van der Waals surface area contributed by atoms with Crippen LogP contribution in [0, 0.1) is 0 Å². The summed E-state index contributed by atoms with van der Waals surface area (Å²) in [5, 5.41) is -0.488. The molecule has 6 heteroatoms. The van der Waals surface area contributed by atoms with Crippen molar-refractivity contribution in [2.45, 2.75) is 17.4 Å². The van der Waals surface area contributed by atoms with Gasteiger partial charge >= 0.3 is 0 Å². The summed E-state index contributed by atoms with van der Waals surface area (Å²) in [7, 11) is 3.14. The number of rotatable bonds is 3. The lowest BCUT2D eigenvalue weighted by atomic mass is 10.1. The minimum absolute atomic E-state index is 0.449. The average Bonchev–Trinajstić information content (AvgIpc) is 2.36. The third kappa shape index (κ3) is 2.51. The number of hydrogen-bond donors (Lipinski definition) is 0. The Balaban J connectivity index is 2.35. The van der Waals surface area contributed by atoms with E-state index < -0.39 is 11.3 Å². The summed E-state index contributed by atoms with van der Waals surface area (Å²) in [4.78, 5) is 12.0. The third-order valence-electron chi connectivity index (χ3n) is 2.48. The van der Waals surface area contributed by atoms with Gasteiger partial charge in [-0.15, -0.1) is 0 Å². The van der Waals surface area contributed by atoms with E-state index >= 15 is 0 Å². The molecule has 0 saturated heterocycles. The van der Waals surface area contributed by atoms with E-state index in [0.717, 1.165) is 22.5 Å². The molecule has 1 aliphatic rings. The van der Waals surface area contributed by atoms with E-state index in [1.165, 1.54) is 0 Å². The summed E-state index contributed by atoms with van der Waals surface area (Å²) >= 11 is 6.56. The highest BCUT2D eigenvalue weighted by Crippen LogP contribution is 2.40. The second-order valence-corrected chi connectivity index (χ2v) is 4.66. The molecule has 0 aliphatic carbocycles. The lowest BCUT2D eigenvalue weighted by Gasteiger charge is -2.22. The molecule has 0 fully saturated rings. The maximum Gasteiger partial charge on any atom is 0.252 e. The second-order valence-electron chi connectivity index (χ2n) is 3.49. The van der Waals surface area contributed by atoms with Gasteiger partial charge in [-0.3, -0.25) is 8.98 Å². The Bertz CT molecular complexity index is 449. The van der Waals surface area contributed by atoms with Crippen molar-refractivity contribution >= 4 is 28.9 Å². The second kappa shape index (κ2) is 5.16. The molecule has 0 saturated carbocycles. The highest BCUT2D eigenvalue weighted by atomic mass is 35.5. The SMILES string of the molecule is COc1cc2c(cc1OC)SOC(C(=O)Cl)C2. The molecule has 1 aromatic rings. The number of methoxy groups -OCH3 is 2. The molecule has 4 nitrogen and oxygen atoms in total. The van der Waals surface area contributed by atoms with Crippen molar-refractivity contribution in [3.63, 3.8) is 0 Å². The van der Waals surface area contributed by atoms with Gasteiger partial charge in [-0.05, 0) is 23.2 Å². The lowest BCUT2D eigenvalue weighted by molar-refractivity contribution is -0.117. The predicted octanol–water partition coefficient (Wildman–Crippen LogP) is 2.42. The molecule has 1 aliphatic heterocycles. The topological polar surface area (TPSA) is 44.8 Å². The van der Waals surface area contributed by atoms with Gasteiger partial charge in [-0.1, -0.05) is 0 Å². The van der Waals surface area contributed by atoms with Gasteiger partial charge in [0.05, 0.1) is 14.2 Å². The van der Waals surface area contributed by atoms with Crippen LogP contribution in [0.1, 0.15) is 5.56 Å². The molecule has 1 atom stereocenters. The first-order valence-electron chi connectivity index (χ1n) is 4.93. The van der Waals surface area contributed by atoms with Crippen LogP contribution in [0.15, 0.2) is 17.0 Å². The van der Waals surface area contributed by atoms with Gasteiger partial charge in [0.2, 0.25) is 0 Å². The molecule has 1 heterocycles. The molecular formula is C11H11ClO4S. The number of halogens is 1. The first kappa shape index (κ1) is 12.5. The molecule has 92 valence electrons. The van der Waals surface area contributed by atoms with Crippen LogP contribution < -0.4 is 9.47 Å². The van der Waals surface area contributed by atoms with E-state index in [4.69, 9.17) is 25.3 Å². The zero-order valence-corrected chi connectivity index (χ0v) is 10.9. The van der Waals surface area contributed by atoms with Crippen LogP contribution in [0.4, 0.5) is 0 Å². The number of fused-ring (bicyclic) bond motifs is 1. The minimum atomic E-state index is -0.604. The maximum atomic E-state index is 11.1. The Morgan fingerprint density at radius 2 is 2.06 bits per heavy atom. The van der Waals surface area contributed by atoms with Crippen molar-refractivity contribution in [1.29, 1.82) is 0 Å². The average molecular weight is 275 g/mol. The fraction of sp³-hybridized carbons (Fsp3) is 0.364. The molecule has 1 aromatic carbocycles. The van der Waals surface area contributed by atoms with Crippen molar-refractivity contribution in [1.82, 2.24) is 0 Å². The Labute approximate surface area is 108 Å². The fourth-order valence-electron chi connectivity index (χ4n) is 1.60. The molecular weight excluding hydrogens is 264 g/mol. The van der Waals surface area contributed by atoms with Crippen molar-refractivity contribution in [2.75, 3.05) is 14.2 Å². The number of ether oxygens (including phenoxy) is 2. The van der Waals surface area contributed by atoms with Gasteiger partial charge in [0.1, 0.15) is 0 Å². The smallest absolute Gasteiger partial charge is 0.252 e. The van der Waals surface area contributed by atoms with Crippen molar-refractivity contribution in [3.05, 3.63) is 17.7 Å². The van der Waals surface area contributed by atoms with E-state index in [0.29, 0.717) is 17.9 Å². The van der Waals surface area contributed by atoms with Crippen LogP contribution in [0.2, 0.25) is 0 Å². The summed E-state index contributed by atoms with van der Waals surface area (Å²) in [6, 6.07) is 3.67. The summed E-state index contributed by atoms with van der Waals surface area (Å²) < 4.78 is 15.7. The zero-order valence-electron chi connectivity index (χ0n) is 9.36. The minimum Gasteiger partial charge on any atom is -0.493 e. The molecule has 17 heavy (non-hydrogen) atoms. The third-order valence-corrected chi connectivity index (χ3v) is 3.61. The van der Waals surface area contributed by atoms with E-state index in [2.05, 4.69) is 0 Å². The molecule has 0 radical (unpaired) electrons. The first-order chi connectivity index (χ1) is 8.15. The van der Waals surface area contributed by atoms with Gasteiger partial charge in [-0.25, -0.2) is 0 Å². The van der Waals surface area contributed by atoms with Crippen molar-refractivity contribution in [2.24, 2.45) is 0 Å². The molecule has 0 spiro atoms. The molecule has 0 amide bonds. The van der Waals surface area contributed by atoms with Crippen molar-refractivity contribution < 1.29 is 18.5 Å². The Morgan fingerprint density at radius 3 is 2.65 bits per heavy atom. The molecule has 2 rings (SSSR count). The zero-order chi connectivity index (χ0) is 12.4. The molecule has 0 bridgehead atoms. The summed E-state index contributed by atoms with van der Waals surface area (Å²) in [5.41, 5.74) is 0.970. The first-order valence-corrected chi connectivity index (χ1v) is 6.05. The van der Waals surface area contributed by atoms with Crippen LogP contribution in [0.3, 0.4) is 0 Å². The normalized spacial score (nSPS) is 18.4. The Hall–Kier alpha value is -0.910. The quantitative estimate of drug-likeness (QED) is 0.626. The van der Waals surface area contributed by atoms with Gasteiger partial charge in [0.15, 0.2) is 17.6 Å². The largest absolute Gasteiger partial charge is 0.493 e. The maximum absolute atomic E-state index is 11.1. The Kier molecular flexibility index (Phi) is 3.81. The molecule has 1 unspecified atom stereocenters. The van der Waals surface area contributed by atoms with Crippen LogP contribution in [-0.2, 0) is 15.4 Å². The van der Waals surface area contributed by atoms with E-state index in [1.54, 1.807) is 14.2 Å². The Morgan fingerprint density at radius 1 is 1.41 bits per heavy atom. The van der Waals surface area contributed by atoms with Crippen LogP contribution in [-0.4, -0.2) is 25.6 Å². The number of benzene rings is 1. The standard InChI is InChI=1S/C11H11ClO4S/c1-14-7-3-6-4-9(11(12)13)16-17-10(6)5-8(7)15-2/h3,5,9H,4H2,1-2H3. The van der Waals surface area contributed by atoms with Gasteiger partial charge in [-0.2, -0.15) is 0 Å².